The predicted octanol–water partition coefficient (Wildman–Crippen LogP) is 8.38. The first kappa shape index (κ1) is 47.2. The van der Waals surface area contributed by atoms with E-state index in [-0.39, 0.29) is 49.8 Å². The number of unbranched alkanes of at least 4 members (excludes halogenated alkanes) is 22. The minimum atomic E-state index is -0.273. The van der Waals surface area contributed by atoms with Crippen LogP contribution in [0.2, 0.25) is 0 Å². The largest absolute Gasteiger partial charge is 1.00 e. The maximum absolute atomic E-state index is 2.58. The standard InChI is InChI=1S/C37H78P2.2BrH/c1-9-11-13-15-17-19-21-23-25-27-29-31-33-38(36(3,4)5)35-39(37(6,7)8)34-32-30-28-26-24-22-20-18-16-14-12-10-2;;/h9-35H2,1-8H3;2*1H. The van der Waals surface area contributed by atoms with Crippen molar-refractivity contribution >= 4 is 15.8 Å². The first-order chi connectivity index (χ1) is 18.6. The molecule has 0 aliphatic carbocycles. The zero-order chi connectivity index (χ0) is 29.2. The van der Waals surface area contributed by atoms with Gasteiger partial charge in [0, 0.05) is 15.8 Å². The number of rotatable bonds is 28. The molecule has 0 spiro atoms. The summed E-state index contributed by atoms with van der Waals surface area (Å²) in [6.07, 6.45) is 38.5. The van der Waals surface area contributed by atoms with Crippen LogP contribution in [0.4, 0.5) is 0 Å². The third kappa shape index (κ3) is 31.6. The molecule has 4 heteroatoms. The van der Waals surface area contributed by atoms with Crippen LogP contribution in [0.3, 0.4) is 0 Å². The summed E-state index contributed by atoms with van der Waals surface area (Å²) in [5.74, 6) is 1.65. The van der Waals surface area contributed by atoms with Gasteiger partial charge in [-0.15, -0.1) is 0 Å². The third-order valence-electron chi connectivity index (χ3n) is 9.21. The van der Waals surface area contributed by atoms with Gasteiger partial charge in [0.2, 0.25) is 0 Å². The molecule has 0 amide bonds. The average molecular weight is 747 g/mol. The van der Waals surface area contributed by atoms with Crippen molar-refractivity contribution in [3.8, 4) is 0 Å². The van der Waals surface area contributed by atoms with E-state index in [4.69, 9.17) is 0 Å². The Labute approximate surface area is 286 Å². The van der Waals surface area contributed by atoms with Crippen LogP contribution in [-0.2, 0) is 0 Å². The maximum atomic E-state index is 2.58. The molecule has 252 valence electrons. The van der Waals surface area contributed by atoms with Gasteiger partial charge in [0.25, 0.3) is 0 Å². The fraction of sp³-hybridized carbons (Fsp3) is 1.00. The van der Waals surface area contributed by atoms with Gasteiger partial charge in [0.1, 0.15) is 0 Å². The molecular formula is C37H80Br2P2. The van der Waals surface area contributed by atoms with Crippen LogP contribution in [0.1, 0.15) is 209 Å². The number of hydrogen-bond acceptors (Lipinski definition) is 0. The molecule has 0 aliphatic rings. The third-order valence-corrected chi connectivity index (χ3v) is 18.8. The van der Waals surface area contributed by atoms with Gasteiger partial charge >= 0.3 is 0 Å². The van der Waals surface area contributed by atoms with Crippen molar-refractivity contribution in [2.45, 2.75) is 220 Å². The fourth-order valence-corrected chi connectivity index (χ4v) is 16.6. The fourth-order valence-electron chi connectivity index (χ4n) is 6.07. The van der Waals surface area contributed by atoms with Crippen molar-refractivity contribution in [2.24, 2.45) is 0 Å². The Hall–Kier alpha value is 1.82. The summed E-state index contributed by atoms with van der Waals surface area (Å²) in [6, 6.07) is 0. The Kier molecular flexibility index (Phi) is 36.6. The topological polar surface area (TPSA) is 0 Å². The highest BCUT2D eigenvalue weighted by atomic mass is 79.9. The van der Waals surface area contributed by atoms with Crippen LogP contribution >= 0.6 is 15.8 Å². The molecule has 0 saturated heterocycles. The number of hydrogen-bond donors (Lipinski definition) is 0. The summed E-state index contributed by atoms with van der Waals surface area (Å²) in [5, 5.41) is 1.14. The predicted molar refractivity (Wildman–Crippen MR) is 193 cm³/mol. The lowest BCUT2D eigenvalue weighted by Gasteiger charge is -2.29. The van der Waals surface area contributed by atoms with E-state index < -0.39 is 0 Å². The van der Waals surface area contributed by atoms with Crippen molar-refractivity contribution in [2.75, 3.05) is 18.2 Å². The highest BCUT2D eigenvalue weighted by Crippen LogP contribution is 2.63. The molecule has 0 aromatic heterocycles. The van der Waals surface area contributed by atoms with Crippen LogP contribution < -0.4 is 34.0 Å². The van der Waals surface area contributed by atoms with Crippen LogP contribution in [-0.4, -0.2) is 28.5 Å². The molecule has 0 N–H and O–H groups in total. The Balaban J connectivity index is -0.00000722. The summed E-state index contributed by atoms with van der Waals surface area (Å²) < 4.78 is 0. The lowest BCUT2D eigenvalue weighted by atomic mass is 10.1. The smallest absolute Gasteiger partial charge is 0.156 e. The van der Waals surface area contributed by atoms with E-state index in [0.29, 0.717) is 10.3 Å². The van der Waals surface area contributed by atoms with Crippen molar-refractivity contribution < 1.29 is 34.0 Å². The molecule has 0 aromatic carbocycles. The molecule has 0 nitrogen and oxygen atoms in total. The molecule has 41 heavy (non-hydrogen) atoms. The summed E-state index contributed by atoms with van der Waals surface area (Å²) in [4.78, 5) is 0. The summed E-state index contributed by atoms with van der Waals surface area (Å²) in [7, 11) is -0.546. The van der Waals surface area contributed by atoms with Crippen LogP contribution in [0.5, 0.6) is 0 Å². The summed E-state index contributed by atoms with van der Waals surface area (Å²) in [6.45, 7) is 20.1. The van der Waals surface area contributed by atoms with E-state index in [0.717, 1.165) is 0 Å². The van der Waals surface area contributed by atoms with E-state index in [9.17, 15) is 0 Å². The second kappa shape index (κ2) is 31.8. The van der Waals surface area contributed by atoms with Crippen molar-refractivity contribution in [1.82, 2.24) is 0 Å². The van der Waals surface area contributed by atoms with E-state index in [1.165, 1.54) is 154 Å². The molecule has 0 aliphatic heterocycles. The molecule has 0 heterocycles. The second-order valence-corrected chi connectivity index (χ2v) is 23.0. The zero-order valence-electron chi connectivity index (χ0n) is 29.8. The lowest BCUT2D eigenvalue weighted by molar-refractivity contribution is -0.00100. The molecule has 0 bridgehead atoms. The molecular weight excluding hydrogens is 666 g/mol. The van der Waals surface area contributed by atoms with Gasteiger partial charge in [-0.05, 0) is 67.2 Å². The van der Waals surface area contributed by atoms with Crippen LogP contribution in [0.15, 0.2) is 0 Å². The minimum absolute atomic E-state index is 0. The SMILES string of the molecule is CCCCCCCCCCCCCC[PH+](C[PH+](CCCCCCCCCCCCCC)C(C)(C)C)C(C)(C)C.[Br-].[Br-]. The van der Waals surface area contributed by atoms with Crippen LogP contribution in [0.25, 0.3) is 0 Å². The van der Waals surface area contributed by atoms with Crippen molar-refractivity contribution in [3.63, 3.8) is 0 Å². The van der Waals surface area contributed by atoms with Gasteiger partial charge in [-0.1, -0.05) is 142 Å². The summed E-state index contributed by atoms with van der Waals surface area (Å²) in [5.41, 5.74) is 0. The molecule has 0 fully saturated rings. The van der Waals surface area contributed by atoms with Gasteiger partial charge in [-0.3, -0.25) is 0 Å². The monoisotopic (exact) mass is 744 g/mol. The quantitative estimate of drug-likeness (QED) is 0.0558. The molecule has 2 atom stereocenters. The normalized spacial score (nSPS) is 13.5. The van der Waals surface area contributed by atoms with Gasteiger partial charge in [0.15, 0.2) is 5.90 Å². The Morgan fingerprint density at radius 2 is 0.512 bits per heavy atom. The Bertz CT molecular complexity index is 454. The Morgan fingerprint density at radius 3 is 0.707 bits per heavy atom. The van der Waals surface area contributed by atoms with Gasteiger partial charge < -0.3 is 34.0 Å². The molecule has 0 rings (SSSR count). The van der Waals surface area contributed by atoms with Crippen LogP contribution in [0, 0.1) is 0 Å². The van der Waals surface area contributed by atoms with Crippen molar-refractivity contribution in [1.29, 1.82) is 0 Å². The average Bonchev–Trinajstić information content (AvgIpc) is 2.86. The van der Waals surface area contributed by atoms with Crippen molar-refractivity contribution in [3.05, 3.63) is 0 Å². The van der Waals surface area contributed by atoms with E-state index >= 15 is 0 Å². The highest BCUT2D eigenvalue weighted by molar-refractivity contribution is 7.76. The van der Waals surface area contributed by atoms with E-state index in [2.05, 4.69) is 55.4 Å². The van der Waals surface area contributed by atoms with Gasteiger partial charge in [0.05, 0.1) is 22.6 Å². The van der Waals surface area contributed by atoms with E-state index in [1.807, 2.05) is 0 Å². The zero-order valence-corrected chi connectivity index (χ0v) is 35.0. The first-order valence-electron chi connectivity index (χ1n) is 18.3. The van der Waals surface area contributed by atoms with Gasteiger partial charge in [-0.25, -0.2) is 0 Å². The number of halogens is 2. The first-order valence-corrected chi connectivity index (χ1v) is 22.2. The van der Waals surface area contributed by atoms with Gasteiger partial charge in [-0.2, -0.15) is 0 Å². The molecule has 0 saturated carbocycles. The summed E-state index contributed by atoms with van der Waals surface area (Å²) >= 11 is 0. The minimum Gasteiger partial charge on any atom is -1.00 e. The second-order valence-electron chi connectivity index (χ2n) is 15.2. The lowest BCUT2D eigenvalue weighted by Crippen LogP contribution is -3.00. The highest BCUT2D eigenvalue weighted by Gasteiger charge is 2.41. The Morgan fingerprint density at radius 1 is 0.317 bits per heavy atom. The van der Waals surface area contributed by atoms with E-state index in [1.54, 1.807) is 18.2 Å². The molecule has 0 radical (unpaired) electrons. The maximum Gasteiger partial charge on any atom is 0.156 e. The molecule has 2 unspecified atom stereocenters. The molecule has 0 aromatic rings.